The van der Waals surface area contributed by atoms with Gasteiger partial charge in [-0.1, -0.05) is 69.9 Å². The summed E-state index contributed by atoms with van der Waals surface area (Å²) in [5, 5.41) is 0. The molecule has 1 aromatic carbocycles. The largest absolute Gasteiger partial charge is 0.422 e. The first-order valence-corrected chi connectivity index (χ1v) is 12.2. The number of hydrogen-bond acceptors (Lipinski definition) is 4. The average Bonchev–Trinajstić information content (AvgIpc) is 2.82. The molecule has 174 valence electrons. The second-order valence-electron chi connectivity index (χ2n) is 8.17. The van der Waals surface area contributed by atoms with Crippen molar-refractivity contribution >= 4 is 5.97 Å². The molecule has 0 amide bonds. The van der Waals surface area contributed by atoms with Crippen LogP contribution in [-0.2, 0) is 16.0 Å². The Morgan fingerprint density at radius 1 is 0.875 bits per heavy atom. The Labute approximate surface area is 194 Å². The molecule has 0 atom stereocenters. The van der Waals surface area contributed by atoms with E-state index in [1.54, 1.807) is 12.3 Å². The molecule has 0 saturated carbocycles. The Morgan fingerprint density at radius 3 is 2.41 bits per heavy atom. The molecular formula is C28H39NO3. The molecule has 1 heterocycles. The van der Waals surface area contributed by atoms with Crippen LogP contribution in [-0.4, -0.2) is 24.2 Å². The van der Waals surface area contributed by atoms with Crippen LogP contribution in [0.2, 0.25) is 0 Å². The number of unbranched alkanes of at least 4 members (excludes halogenated alkanes) is 6. The third kappa shape index (κ3) is 10.7. The topological polar surface area (TPSA) is 48.4 Å². The van der Waals surface area contributed by atoms with Gasteiger partial charge < -0.3 is 9.47 Å². The van der Waals surface area contributed by atoms with E-state index in [1.165, 1.54) is 43.7 Å². The molecule has 0 radical (unpaired) electrons. The summed E-state index contributed by atoms with van der Waals surface area (Å²) in [6.07, 6.45) is 16.4. The van der Waals surface area contributed by atoms with Crippen LogP contribution in [0.15, 0.2) is 54.7 Å². The minimum absolute atomic E-state index is 0.351. The molecule has 4 heteroatoms. The van der Waals surface area contributed by atoms with Crippen molar-refractivity contribution in [3.8, 4) is 17.0 Å². The molecule has 0 aliphatic rings. The molecule has 32 heavy (non-hydrogen) atoms. The summed E-state index contributed by atoms with van der Waals surface area (Å²) in [5.74, 6) is 0.116. The highest BCUT2D eigenvalue weighted by molar-refractivity contribution is 5.84. The Bertz CT molecular complexity index is 781. The Morgan fingerprint density at radius 2 is 1.69 bits per heavy atom. The first kappa shape index (κ1) is 25.8. The van der Waals surface area contributed by atoms with Gasteiger partial charge in [0.15, 0.2) is 0 Å². The zero-order valence-electron chi connectivity index (χ0n) is 19.9. The van der Waals surface area contributed by atoms with E-state index in [0.29, 0.717) is 5.75 Å². The number of carbonyl (C=O) groups excluding carboxylic acids is 1. The zero-order chi connectivity index (χ0) is 22.9. The van der Waals surface area contributed by atoms with E-state index in [0.717, 1.165) is 56.6 Å². The van der Waals surface area contributed by atoms with Gasteiger partial charge in [-0.3, -0.25) is 4.98 Å². The molecule has 0 unspecified atom stereocenters. The lowest BCUT2D eigenvalue weighted by molar-refractivity contribution is -0.129. The lowest BCUT2D eigenvalue weighted by atomic mass is 10.0. The number of hydrogen-bond donors (Lipinski definition) is 0. The number of allylic oxidation sites excluding steroid dienone is 1. The van der Waals surface area contributed by atoms with Crippen LogP contribution >= 0.6 is 0 Å². The predicted molar refractivity (Wildman–Crippen MR) is 132 cm³/mol. The van der Waals surface area contributed by atoms with Gasteiger partial charge in [0.1, 0.15) is 5.75 Å². The number of aryl methyl sites for hydroxylation is 1. The van der Waals surface area contributed by atoms with Crippen molar-refractivity contribution in [1.29, 1.82) is 0 Å². The van der Waals surface area contributed by atoms with Gasteiger partial charge in [0.2, 0.25) is 0 Å². The zero-order valence-corrected chi connectivity index (χ0v) is 19.9. The van der Waals surface area contributed by atoms with Crippen LogP contribution in [0, 0.1) is 0 Å². The van der Waals surface area contributed by atoms with Gasteiger partial charge >= 0.3 is 5.97 Å². The van der Waals surface area contributed by atoms with E-state index >= 15 is 0 Å². The van der Waals surface area contributed by atoms with Crippen LogP contribution in [0.25, 0.3) is 11.3 Å². The molecule has 0 spiro atoms. The minimum Gasteiger partial charge on any atom is -0.422 e. The predicted octanol–water partition coefficient (Wildman–Crippen LogP) is 7.32. The Hall–Kier alpha value is -2.46. The summed E-state index contributed by atoms with van der Waals surface area (Å²) < 4.78 is 10.9. The van der Waals surface area contributed by atoms with Crippen LogP contribution in [0.5, 0.6) is 5.75 Å². The number of esters is 1. The van der Waals surface area contributed by atoms with E-state index < -0.39 is 0 Å². The molecule has 4 nitrogen and oxygen atoms in total. The second-order valence-corrected chi connectivity index (χ2v) is 8.17. The van der Waals surface area contributed by atoms with Crippen LogP contribution in [0.1, 0.15) is 77.2 Å². The average molecular weight is 438 g/mol. The van der Waals surface area contributed by atoms with Crippen molar-refractivity contribution in [1.82, 2.24) is 4.98 Å². The molecular weight excluding hydrogens is 398 g/mol. The molecule has 0 saturated heterocycles. The van der Waals surface area contributed by atoms with Crippen molar-refractivity contribution in [2.24, 2.45) is 0 Å². The fourth-order valence-corrected chi connectivity index (χ4v) is 3.43. The molecule has 0 bridgehead atoms. The Kier molecular flexibility index (Phi) is 13.1. The second kappa shape index (κ2) is 16.2. The van der Waals surface area contributed by atoms with Crippen molar-refractivity contribution in [3.63, 3.8) is 0 Å². The van der Waals surface area contributed by atoms with Gasteiger partial charge in [-0.15, -0.1) is 0 Å². The maximum atomic E-state index is 11.9. The molecule has 0 aliphatic carbocycles. The molecule has 1 aromatic heterocycles. The van der Waals surface area contributed by atoms with Gasteiger partial charge in [-0.05, 0) is 56.2 Å². The summed E-state index contributed by atoms with van der Waals surface area (Å²) >= 11 is 0. The first-order chi connectivity index (χ1) is 15.7. The highest BCUT2D eigenvalue weighted by atomic mass is 16.5. The summed E-state index contributed by atoms with van der Waals surface area (Å²) in [6, 6.07) is 12.2. The van der Waals surface area contributed by atoms with E-state index in [9.17, 15) is 4.79 Å². The number of pyridine rings is 1. The van der Waals surface area contributed by atoms with E-state index in [4.69, 9.17) is 9.47 Å². The van der Waals surface area contributed by atoms with Crippen LogP contribution < -0.4 is 4.74 Å². The maximum Gasteiger partial charge on any atom is 0.335 e. The standard InChI is InChI=1S/C28H39NO3/c1-3-5-6-7-8-11-14-28(30)32-26-19-20-27(29-23-26)25-17-15-24(16-18-25)13-10-9-12-22-31-21-4-2/h11,14-20,23H,3-10,12-13,21-22H2,1-2H3. The van der Waals surface area contributed by atoms with Crippen molar-refractivity contribution in [2.45, 2.75) is 78.1 Å². The smallest absolute Gasteiger partial charge is 0.335 e. The maximum absolute atomic E-state index is 11.9. The number of carbonyl (C=O) groups is 1. The highest BCUT2D eigenvalue weighted by Gasteiger charge is 2.04. The number of rotatable bonds is 16. The third-order valence-corrected chi connectivity index (χ3v) is 5.29. The summed E-state index contributed by atoms with van der Waals surface area (Å²) in [6.45, 7) is 6.07. The number of nitrogens with zero attached hydrogens (tertiary/aromatic N) is 1. The van der Waals surface area contributed by atoms with E-state index in [2.05, 4.69) is 43.1 Å². The molecule has 2 aromatic rings. The quantitative estimate of drug-likeness (QED) is 0.157. The van der Waals surface area contributed by atoms with Crippen molar-refractivity contribution in [2.75, 3.05) is 13.2 Å². The normalized spacial score (nSPS) is 11.2. The third-order valence-electron chi connectivity index (χ3n) is 5.29. The lowest BCUT2D eigenvalue weighted by Gasteiger charge is -2.06. The van der Waals surface area contributed by atoms with Gasteiger partial charge in [-0.25, -0.2) is 4.79 Å². The SMILES string of the molecule is CCCCCCC=CC(=O)Oc1ccc(-c2ccc(CCCCCOCCC)cc2)nc1. The summed E-state index contributed by atoms with van der Waals surface area (Å²) in [4.78, 5) is 16.4. The van der Waals surface area contributed by atoms with E-state index in [-0.39, 0.29) is 5.97 Å². The summed E-state index contributed by atoms with van der Waals surface area (Å²) in [5.41, 5.74) is 3.28. The number of aromatic nitrogens is 1. The fraction of sp³-hybridized carbons (Fsp3) is 0.500. The van der Waals surface area contributed by atoms with Crippen molar-refractivity contribution < 1.29 is 14.3 Å². The lowest BCUT2D eigenvalue weighted by Crippen LogP contribution is -2.04. The van der Waals surface area contributed by atoms with Gasteiger partial charge in [0.05, 0.1) is 11.9 Å². The first-order valence-electron chi connectivity index (χ1n) is 12.2. The number of benzene rings is 1. The van der Waals surface area contributed by atoms with Gasteiger partial charge in [0.25, 0.3) is 0 Å². The minimum atomic E-state index is -0.351. The molecule has 0 aliphatic heterocycles. The summed E-state index contributed by atoms with van der Waals surface area (Å²) in [7, 11) is 0. The number of ether oxygens (including phenoxy) is 2. The Balaban J connectivity index is 1.72. The van der Waals surface area contributed by atoms with E-state index in [1.807, 2.05) is 12.1 Å². The monoisotopic (exact) mass is 437 g/mol. The highest BCUT2D eigenvalue weighted by Crippen LogP contribution is 2.21. The van der Waals surface area contributed by atoms with Gasteiger partial charge in [0, 0.05) is 24.9 Å². The molecule has 0 N–H and O–H groups in total. The molecule has 2 rings (SSSR count). The van der Waals surface area contributed by atoms with Crippen LogP contribution in [0.4, 0.5) is 0 Å². The molecule has 0 fully saturated rings. The van der Waals surface area contributed by atoms with Crippen LogP contribution in [0.3, 0.4) is 0 Å². The fourth-order valence-electron chi connectivity index (χ4n) is 3.43. The van der Waals surface area contributed by atoms with Gasteiger partial charge in [-0.2, -0.15) is 0 Å². The van der Waals surface area contributed by atoms with Crippen molar-refractivity contribution in [3.05, 3.63) is 60.3 Å².